The molecule has 1 amide bonds. The number of rotatable bonds is 4. The van der Waals surface area contributed by atoms with Gasteiger partial charge in [0.1, 0.15) is 5.76 Å². The average Bonchev–Trinajstić information content (AvgIpc) is 3.19. The summed E-state index contributed by atoms with van der Waals surface area (Å²) in [5.41, 5.74) is 1.83. The van der Waals surface area contributed by atoms with Gasteiger partial charge in [-0.2, -0.15) is 0 Å². The van der Waals surface area contributed by atoms with Gasteiger partial charge in [0.05, 0.1) is 0 Å². The van der Waals surface area contributed by atoms with Crippen molar-refractivity contribution in [2.45, 2.75) is 51.6 Å². The molecule has 0 saturated carbocycles. The fourth-order valence-corrected chi connectivity index (χ4v) is 4.53. The highest BCUT2D eigenvalue weighted by Crippen LogP contribution is 2.32. The molecule has 2 aromatic rings. The van der Waals surface area contributed by atoms with E-state index in [0.29, 0.717) is 17.7 Å². The summed E-state index contributed by atoms with van der Waals surface area (Å²) < 4.78 is 5.32. The Balaban J connectivity index is 1.41. The average molecular weight is 367 g/mol. The summed E-state index contributed by atoms with van der Waals surface area (Å²) in [6.07, 6.45) is 3.45. The monoisotopic (exact) mass is 367 g/mol. The summed E-state index contributed by atoms with van der Waals surface area (Å²) in [5, 5.41) is 4.01. The van der Waals surface area contributed by atoms with E-state index in [4.69, 9.17) is 4.52 Å². The Hall–Kier alpha value is -2.14. The highest BCUT2D eigenvalue weighted by Gasteiger charge is 2.37. The Morgan fingerprint density at radius 1 is 1.22 bits per heavy atom. The third-order valence-electron chi connectivity index (χ3n) is 6.02. The zero-order chi connectivity index (χ0) is 18.8. The van der Waals surface area contributed by atoms with Gasteiger partial charge in [-0.15, -0.1) is 0 Å². The second kappa shape index (κ2) is 7.85. The van der Waals surface area contributed by atoms with Gasteiger partial charge in [0.15, 0.2) is 5.69 Å². The van der Waals surface area contributed by atoms with Crippen LogP contribution in [-0.4, -0.2) is 46.5 Å². The molecule has 2 saturated heterocycles. The summed E-state index contributed by atoms with van der Waals surface area (Å²) in [6, 6.07) is 13.1. The van der Waals surface area contributed by atoms with Gasteiger partial charge in [-0.1, -0.05) is 49.3 Å². The lowest BCUT2D eigenvalue weighted by atomic mass is 9.83. The highest BCUT2D eigenvalue weighted by atomic mass is 16.5. The van der Waals surface area contributed by atoms with E-state index in [1.807, 2.05) is 24.8 Å². The second-order valence-electron chi connectivity index (χ2n) is 8.23. The van der Waals surface area contributed by atoms with Crippen molar-refractivity contribution in [2.24, 2.45) is 5.92 Å². The summed E-state index contributed by atoms with van der Waals surface area (Å²) in [6.45, 7) is 7.89. The summed E-state index contributed by atoms with van der Waals surface area (Å²) >= 11 is 0. The van der Waals surface area contributed by atoms with Gasteiger partial charge in [0.25, 0.3) is 5.91 Å². The normalized spacial score (nSPS) is 23.4. The number of piperidine rings is 2. The van der Waals surface area contributed by atoms with Crippen molar-refractivity contribution in [3.63, 3.8) is 0 Å². The number of carbonyl (C=O) groups excluding carboxylic acids is 1. The van der Waals surface area contributed by atoms with Crippen LogP contribution < -0.4 is 0 Å². The van der Waals surface area contributed by atoms with Crippen LogP contribution in [0.5, 0.6) is 0 Å². The third-order valence-corrected chi connectivity index (χ3v) is 6.02. The van der Waals surface area contributed by atoms with E-state index < -0.39 is 0 Å². The lowest BCUT2D eigenvalue weighted by Crippen LogP contribution is -2.54. The Bertz CT molecular complexity index is 771. The Morgan fingerprint density at radius 2 is 2.04 bits per heavy atom. The SMILES string of the molecule is CC(C)c1cc(C(=O)N2CC[C@@H]3[C@H](CCCN3Cc3ccccc3)C2)no1. The van der Waals surface area contributed by atoms with Crippen LogP contribution in [0.2, 0.25) is 0 Å². The van der Waals surface area contributed by atoms with Gasteiger partial charge in [-0.3, -0.25) is 9.69 Å². The maximum Gasteiger partial charge on any atom is 0.276 e. The molecule has 2 aliphatic rings. The topological polar surface area (TPSA) is 49.6 Å². The molecule has 144 valence electrons. The molecule has 0 radical (unpaired) electrons. The van der Waals surface area contributed by atoms with Crippen molar-refractivity contribution in [2.75, 3.05) is 19.6 Å². The minimum absolute atomic E-state index is 0.0179. The molecule has 3 heterocycles. The van der Waals surface area contributed by atoms with Crippen LogP contribution in [0.1, 0.15) is 60.8 Å². The first-order valence-electron chi connectivity index (χ1n) is 10.2. The Kier molecular flexibility index (Phi) is 5.30. The molecule has 0 aliphatic carbocycles. The van der Waals surface area contributed by atoms with Crippen LogP contribution in [0.4, 0.5) is 0 Å². The minimum Gasteiger partial charge on any atom is -0.360 e. The fraction of sp³-hybridized carbons (Fsp3) is 0.545. The number of fused-ring (bicyclic) bond motifs is 1. The van der Waals surface area contributed by atoms with Crippen molar-refractivity contribution >= 4 is 5.91 Å². The van der Waals surface area contributed by atoms with E-state index in [1.54, 1.807) is 0 Å². The summed E-state index contributed by atoms with van der Waals surface area (Å²) in [4.78, 5) is 17.5. The van der Waals surface area contributed by atoms with E-state index in [1.165, 1.54) is 18.4 Å². The van der Waals surface area contributed by atoms with Crippen molar-refractivity contribution in [3.8, 4) is 0 Å². The zero-order valence-corrected chi connectivity index (χ0v) is 16.3. The molecule has 2 fully saturated rings. The van der Waals surface area contributed by atoms with E-state index in [9.17, 15) is 4.79 Å². The van der Waals surface area contributed by atoms with Crippen molar-refractivity contribution < 1.29 is 9.32 Å². The standard InChI is InChI=1S/C22H29N3O2/c1-16(2)21-13-19(23-27-21)22(26)25-12-10-20-18(15-25)9-6-11-24(20)14-17-7-4-3-5-8-17/h3-5,7-8,13,16,18,20H,6,9-12,14-15H2,1-2H3/t18-,20-/m1/s1. The number of amides is 1. The molecular weight excluding hydrogens is 338 g/mol. The lowest BCUT2D eigenvalue weighted by Gasteiger charge is -2.47. The van der Waals surface area contributed by atoms with Crippen molar-refractivity contribution in [1.29, 1.82) is 0 Å². The minimum atomic E-state index is 0.0179. The van der Waals surface area contributed by atoms with Crippen LogP contribution in [0.3, 0.4) is 0 Å². The number of carbonyl (C=O) groups is 1. The van der Waals surface area contributed by atoms with Gasteiger partial charge in [0, 0.05) is 37.7 Å². The smallest absolute Gasteiger partial charge is 0.276 e. The van der Waals surface area contributed by atoms with E-state index in [0.717, 1.165) is 38.4 Å². The number of aromatic nitrogens is 1. The third kappa shape index (κ3) is 3.93. The predicted octanol–water partition coefficient (Wildman–Crippen LogP) is 3.92. The fourth-order valence-electron chi connectivity index (χ4n) is 4.53. The van der Waals surface area contributed by atoms with E-state index in [-0.39, 0.29) is 11.8 Å². The predicted molar refractivity (Wildman–Crippen MR) is 104 cm³/mol. The molecule has 1 aromatic carbocycles. The van der Waals surface area contributed by atoms with Crippen LogP contribution in [-0.2, 0) is 6.54 Å². The maximum absolute atomic E-state index is 12.9. The van der Waals surface area contributed by atoms with Crippen LogP contribution >= 0.6 is 0 Å². The second-order valence-corrected chi connectivity index (χ2v) is 8.23. The summed E-state index contributed by atoms with van der Waals surface area (Å²) in [5.74, 6) is 1.59. The number of benzene rings is 1. The van der Waals surface area contributed by atoms with Gasteiger partial charge in [-0.25, -0.2) is 0 Å². The van der Waals surface area contributed by atoms with E-state index >= 15 is 0 Å². The van der Waals surface area contributed by atoms with Gasteiger partial charge in [-0.05, 0) is 37.3 Å². The largest absolute Gasteiger partial charge is 0.360 e. The molecule has 1 aromatic heterocycles. The molecule has 0 bridgehead atoms. The van der Waals surface area contributed by atoms with E-state index in [2.05, 4.69) is 40.4 Å². The lowest BCUT2D eigenvalue weighted by molar-refractivity contribution is 0.0170. The Labute approximate surface area is 161 Å². The first-order valence-corrected chi connectivity index (χ1v) is 10.2. The Morgan fingerprint density at radius 3 is 2.78 bits per heavy atom. The maximum atomic E-state index is 12.9. The molecule has 5 heteroatoms. The van der Waals surface area contributed by atoms with Crippen LogP contribution in [0.25, 0.3) is 0 Å². The molecule has 0 spiro atoms. The quantitative estimate of drug-likeness (QED) is 0.822. The highest BCUT2D eigenvalue weighted by molar-refractivity contribution is 5.92. The molecule has 2 aliphatic heterocycles. The first-order chi connectivity index (χ1) is 13.1. The van der Waals surface area contributed by atoms with Gasteiger partial charge in [0.2, 0.25) is 0 Å². The molecule has 27 heavy (non-hydrogen) atoms. The number of nitrogens with zero attached hydrogens (tertiary/aromatic N) is 3. The molecule has 0 N–H and O–H groups in total. The molecule has 2 atom stereocenters. The van der Waals surface area contributed by atoms with Crippen LogP contribution in [0.15, 0.2) is 40.9 Å². The number of hydrogen-bond donors (Lipinski definition) is 0. The van der Waals surface area contributed by atoms with Crippen LogP contribution in [0, 0.1) is 5.92 Å². The molecule has 4 rings (SSSR count). The first kappa shape index (κ1) is 18.2. The molecular formula is C22H29N3O2. The molecule has 5 nitrogen and oxygen atoms in total. The summed E-state index contributed by atoms with van der Waals surface area (Å²) in [7, 11) is 0. The zero-order valence-electron chi connectivity index (χ0n) is 16.3. The van der Waals surface area contributed by atoms with Gasteiger partial charge < -0.3 is 9.42 Å². The van der Waals surface area contributed by atoms with Gasteiger partial charge >= 0.3 is 0 Å². The van der Waals surface area contributed by atoms with Crippen molar-refractivity contribution in [1.82, 2.24) is 15.0 Å². The molecule has 0 unspecified atom stereocenters. The number of likely N-dealkylation sites (tertiary alicyclic amines) is 2. The van der Waals surface area contributed by atoms with Crippen molar-refractivity contribution in [3.05, 3.63) is 53.4 Å². The number of hydrogen-bond acceptors (Lipinski definition) is 4.